The molecule has 8 heteroatoms. The zero-order valence-electron chi connectivity index (χ0n) is 10.4. The van der Waals surface area contributed by atoms with Crippen molar-refractivity contribution in [3.63, 3.8) is 0 Å². The number of imidazole rings is 1. The highest BCUT2D eigenvalue weighted by atomic mass is 16.6. The van der Waals surface area contributed by atoms with Crippen molar-refractivity contribution < 1.29 is 14.8 Å². The molecule has 2 N–H and O–H groups in total. The average molecular weight is 276 g/mol. The number of hydrogen-bond acceptors (Lipinski definition) is 5. The second-order valence-electron chi connectivity index (χ2n) is 4.71. The van der Waals surface area contributed by atoms with Crippen LogP contribution in [0, 0.1) is 10.1 Å². The Morgan fingerprint density at radius 2 is 2.35 bits per heavy atom. The summed E-state index contributed by atoms with van der Waals surface area (Å²) in [6.07, 6.45) is 1.36. The number of carboxylic acid groups (broad SMARTS) is 1. The van der Waals surface area contributed by atoms with Gasteiger partial charge in [-0.1, -0.05) is 0 Å². The number of fused-ring (bicyclic) bond motifs is 1. The van der Waals surface area contributed by atoms with Crippen LogP contribution >= 0.6 is 0 Å². The van der Waals surface area contributed by atoms with Crippen molar-refractivity contribution >= 4 is 28.6 Å². The second-order valence-corrected chi connectivity index (χ2v) is 4.71. The molecular weight excluding hydrogens is 264 g/mol. The van der Waals surface area contributed by atoms with Gasteiger partial charge in [-0.25, -0.2) is 9.78 Å². The predicted octanol–water partition coefficient (Wildman–Crippen LogP) is 1.52. The summed E-state index contributed by atoms with van der Waals surface area (Å²) in [7, 11) is 0. The van der Waals surface area contributed by atoms with Gasteiger partial charge < -0.3 is 15.0 Å². The van der Waals surface area contributed by atoms with Crippen molar-refractivity contribution in [1.82, 2.24) is 9.97 Å². The number of benzene rings is 1. The van der Waals surface area contributed by atoms with E-state index >= 15 is 0 Å². The molecule has 8 nitrogen and oxygen atoms in total. The number of H-pyrrole nitrogens is 1. The minimum absolute atomic E-state index is 0.0242. The SMILES string of the molecule is O=C(O)C1CCCN1c1nc2ccc([N+](=O)[O-])cc2[nH]1. The summed E-state index contributed by atoms with van der Waals surface area (Å²) < 4.78 is 0. The first-order valence-corrected chi connectivity index (χ1v) is 6.20. The Kier molecular flexibility index (Phi) is 2.78. The quantitative estimate of drug-likeness (QED) is 0.649. The Balaban J connectivity index is 2.00. The lowest BCUT2D eigenvalue weighted by Gasteiger charge is -2.19. The number of aromatic nitrogens is 2. The molecule has 1 aliphatic rings. The second kappa shape index (κ2) is 4.48. The number of carbonyl (C=O) groups is 1. The number of aliphatic carboxylic acids is 1. The summed E-state index contributed by atoms with van der Waals surface area (Å²) in [6.45, 7) is 0.610. The lowest BCUT2D eigenvalue weighted by molar-refractivity contribution is -0.384. The van der Waals surface area contributed by atoms with Gasteiger partial charge in [0, 0.05) is 18.7 Å². The Morgan fingerprint density at radius 1 is 1.55 bits per heavy atom. The van der Waals surface area contributed by atoms with Crippen LogP contribution in [0.2, 0.25) is 0 Å². The van der Waals surface area contributed by atoms with Crippen molar-refractivity contribution in [1.29, 1.82) is 0 Å². The first-order chi connectivity index (χ1) is 9.56. The number of nitro benzene ring substituents is 1. The molecule has 1 fully saturated rings. The van der Waals surface area contributed by atoms with Gasteiger partial charge in [0.2, 0.25) is 5.95 Å². The standard InChI is InChI=1S/C12H12N4O4/c17-11(18)10-2-1-5-15(10)12-13-8-4-3-7(16(19)20)6-9(8)14-12/h3-4,6,10H,1-2,5H2,(H,13,14)(H,17,18). The fourth-order valence-corrected chi connectivity index (χ4v) is 2.51. The Labute approximate surface area is 113 Å². The highest BCUT2D eigenvalue weighted by Gasteiger charge is 2.32. The van der Waals surface area contributed by atoms with E-state index in [2.05, 4.69) is 9.97 Å². The van der Waals surface area contributed by atoms with Crippen LogP contribution in [0.25, 0.3) is 11.0 Å². The van der Waals surface area contributed by atoms with Crippen LogP contribution in [0.3, 0.4) is 0 Å². The summed E-state index contributed by atoms with van der Waals surface area (Å²) in [5.74, 6) is -0.431. The smallest absolute Gasteiger partial charge is 0.326 e. The molecule has 2 aromatic rings. The molecule has 1 saturated heterocycles. The van der Waals surface area contributed by atoms with Gasteiger partial charge in [0.25, 0.3) is 5.69 Å². The number of non-ortho nitro benzene ring substituents is 1. The predicted molar refractivity (Wildman–Crippen MR) is 70.8 cm³/mol. The third kappa shape index (κ3) is 1.94. The molecule has 0 spiro atoms. The van der Waals surface area contributed by atoms with Crippen molar-refractivity contribution in [3.8, 4) is 0 Å². The number of nitrogens with zero attached hydrogens (tertiary/aromatic N) is 3. The van der Waals surface area contributed by atoms with E-state index in [-0.39, 0.29) is 5.69 Å². The van der Waals surface area contributed by atoms with E-state index in [0.29, 0.717) is 29.9 Å². The lowest BCUT2D eigenvalue weighted by Crippen LogP contribution is -2.36. The number of rotatable bonds is 3. The highest BCUT2D eigenvalue weighted by molar-refractivity contribution is 5.82. The molecule has 2 heterocycles. The van der Waals surface area contributed by atoms with Gasteiger partial charge in [0.1, 0.15) is 6.04 Å². The summed E-state index contributed by atoms with van der Waals surface area (Å²) >= 11 is 0. The van der Waals surface area contributed by atoms with E-state index in [1.54, 1.807) is 11.0 Å². The Bertz CT molecular complexity index is 696. The van der Waals surface area contributed by atoms with E-state index in [1.165, 1.54) is 12.1 Å². The number of nitrogens with one attached hydrogen (secondary N) is 1. The topological polar surface area (TPSA) is 112 Å². The normalized spacial score (nSPS) is 18.6. The largest absolute Gasteiger partial charge is 0.480 e. The van der Waals surface area contributed by atoms with E-state index < -0.39 is 16.9 Å². The molecule has 3 rings (SSSR count). The molecule has 1 aromatic carbocycles. The third-order valence-corrected chi connectivity index (χ3v) is 3.47. The molecule has 1 aliphatic heterocycles. The van der Waals surface area contributed by atoms with Crippen LogP contribution in [-0.4, -0.2) is 38.6 Å². The zero-order chi connectivity index (χ0) is 14.3. The van der Waals surface area contributed by atoms with Gasteiger partial charge >= 0.3 is 5.97 Å². The molecule has 0 bridgehead atoms. The fourth-order valence-electron chi connectivity index (χ4n) is 2.51. The van der Waals surface area contributed by atoms with Crippen LogP contribution in [0.5, 0.6) is 0 Å². The molecule has 0 amide bonds. The number of anilines is 1. The van der Waals surface area contributed by atoms with Crippen LogP contribution in [0.4, 0.5) is 11.6 Å². The maximum atomic E-state index is 11.2. The van der Waals surface area contributed by atoms with Gasteiger partial charge in [-0.3, -0.25) is 10.1 Å². The zero-order valence-corrected chi connectivity index (χ0v) is 10.4. The van der Waals surface area contributed by atoms with Crippen molar-refractivity contribution in [2.24, 2.45) is 0 Å². The highest BCUT2D eigenvalue weighted by Crippen LogP contribution is 2.27. The van der Waals surface area contributed by atoms with Crippen molar-refractivity contribution in [2.45, 2.75) is 18.9 Å². The van der Waals surface area contributed by atoms with E-state index in [0.717, 1.165) is 6.42 Å². The van der Waals surface area contributed by atoms with Gasteiger partial charge in [-0.05, 0) is 18.9 Å². The minimum Gasteiger partial charge on any atom is -0.480 e. The molecular formula is C12H12N4O4. The van der Waals surface area contributed by atoms with Crippen LogP contribution in [0.1, 0.15) is 12.8 Å². The molecule has 0 aliphatic carbocycles. The summed E-state index contributed by atoms with van der Waals surface area (Å²) in [5, 5.41) is 19.9. The molecule has 1 atom stereocenters. The van der Waals surface area contributed by atoms with Gasteiger partial charge in [0.15, 0.2) is 0 Å². The van der Waals surface area contributed by atoms with Gasteiger partial charge in [-0.2, -0.15) is 0 Å². The van der Waals surface area contributed by atoms with Crippen molar-refractivity contribution in [3.05, 3.63) is 28.3 Å². The molecule has 20 heavy (non-hydrogen) atoms. The number of carboxylic acids is 1. The molecule has 104 valence electrons. The van der Waals surface area contributed by atoms with Crippen LogP contribution < -0.4 is 4.90 Å². The average Bonchev–Trinajstić information content (AvgIpc) is 3.03. The molecule has 0 saturated carbocycles. The fraction of sp³-hybridized carbons (Fsp3) is 0.333. The Morgan fingerprint density at radius 3 is 3.05 bits per heavy atom. The van der Waals surface area contributed by atoms with E-state index in [9.17, 15) is 14.9 Å². The number of hydrogen-bond donors (Lipinski definition) is 2. The first-order valence-electron chi connectivity index (χ1n) is 6.20. The number of aromatic amines is 1. The van der Waals surface area contributed by atoms with E-state index in [1.807, 2.05) is 0 Å². The lowest BCUT2D eigenvalue weighted by atomic mass is 10.2. The van der Waals surface area contributed by atoms with E-state index in [4.69, 9.17) is 5.11 Å². The summed E-state index contributed by atoms with van der Waals surface area (Å²) in [6, 6.07) is 3.74. The molecule has 1 aromatic heterocycles. The first kappa shape index (κ1) is 12.4. The summed E-state index contributed by atoms with van der Waals surface area (Å²) in [4.78, 5) is 30.4. The van der Waals surface area contributed by atoms with Crippen LogP contribution in [0.15, 0.2) is 18.2 Å². The minimum atomic E-state index is -0.881. The van der Waals surface area contributed by atoms with Crippen LogP contribution in [-0.2, 0) is 4.79 Å². The van der Waals surface area contributed by atoms with Crippen molar-refractivity contribution in [2.75, 3.05) is 11.4 Å². The maximum absolute atomic E-state index is 11.2. The maximum Gasteiger partial charge on any atom is 0.326 e. The number of nitro groups is 1. The third-order valence-electron chi connectivity index (χ3n) is 3.47. The Hall–Kier alpha value is -2.64. The monoisotopic (exact) mass is 276 g/mol. The summed E-state index contributed by atoms with van der Waals surface area (Å²) in [5.41, 5.74) is 1.09. The van der Waals surface area contributed by atoms with Gasteiger partial charge in [0.05, 0.1) is 16.0 Å². The molecule has 0 radical (unpaired) electrons. The molecule has 1 unspecified atom stereocenters. The van der Waals surface area contributed by atoms with Gasteiger partial charge in [-0.15, -0.1) is 0 Å².